The fraction of sp³-hybridized carbons (Fsp3) is 0.103. The van der Waals surface area contributed by atoms with Gasteiger partial charge >= 0.3 is 6.03 Å². The predicted molar refractivity (Wildman–Crippen MR) is 141 cm³/mol. The zero-order valence-electron chi connectivity index (χ0n) is 19.4. The molecule has 174 valence electrons. The summed E-state index contributed by atoms with van der Waals surface area (Å²) in [6.07, 6.45) is 1.56. The highest BCUT2D eigenvalue weighted by atomic mass is 16.5. The summed E-state index contributed by atoms with van der Waals surface area (Å²) in [7, 11) is 1.58. The summed E-state index contributed by atoms with van der Waals surface area (Å²) in [5.41, 5.74) is 5.63. The van der Waals surface area contributed by atoms with Crippen molar-refractivity contribution >= 4 is 28.4 Å². The molecular weight excluding hydrogens is 436 g/mol. The summed E-state index contributed by atoms with van der Waals surface area (Å²) >= 11 is 0. The third-order valence-electron chi connectivity index (χ3n) is 5.82. The first-order chi connectivity index (χ1) is 17.2. The van der Waals surface area contributed by atoms with Crippen molar-refractivity contribution in [1.82, 2.24) is 9.55 Å². The maximum Gasteiger partial charge on any atom is 0.323 e. The van der Waals surface area contributed by atoms with Crippen LogP contribution in [0, 0.1) is 0 Å². The zero-order chi connectivity index (χ0) is 24.0. The zero-order valence-corrected chi connectivity index (χ0v) is 19.4. The molecule has 0 aliphatic rings. The number of hydrogen-bond acceptors (Lipinski definition) is 3. The number of fused-ring (bicyclic) bond motifs is 1. The van der Waals surface area contributed by atoms with Gasteiger partial charge in [0.2, 0.25) is 0 Å². The number of carbonyl (C=O) groups excluding carboxylic acids is 1. The lowest BCUT2D eigenvalue weighted by atomic mass is 10.1. The number of imidazole rings is 1. The lowest BCUT2D eigenvalue weighted by Crippen LogP contribution is -2.19. The van der Waals surface area contributed by atoms with Gasteiger partial charge in [-0.3, -0.25) is 4.57 Å². The van der Waals surface area contributed by atoms with Crippen molar-refractivity contribution in [3.63, 3.8) is 0 Å². The molecular formula is C29H26N4O2. The Morgan fingerprint density at radius 1 is 0.829 bits per heavy atom. The van der Waals surface area contributed by atoms with Crippen molar-refractivity contribution < 1.29 is 9.53 Å². The Kier molecular flexibility index (Phi) is 6.44. The van der Waals surface area contributed by atoms with Crippen molar-refractivity contribution in [3.05, 3.63) is 115 Å². The van der Waals surface area contributed by atoms with E-state index in [1.807, 2.05) is 66.7 Å². The summed E-state index contributed by atoms with van der Waals surface area (Å²) in [5, 5.41) is 5.75. The molecule has 6 heteroatoms. The van der Waals surface area contributed by atoms with Gasteiger partial charge in [-0.25, -0.2) is 9.78 Å². The maximum atomic E-state index is 12.6. The van der Waals surface area contributed by atoms with Gasteiger partial charge in [0.05, 0.1) is 23.8 Å². The molecule has 4 aromatic carbocycles. The highest BCUT2D eigenvalue weighted by Crippen LogP contribution is 2.24. The second-order valence-corrected chi connectivity index (χ2v) is 8.17. The van der Waals surface area contributed by atoms with E-state index in [0.717, 1.165) is 46.6 Å². The molecule has 2 amide bonds. The fourth-order valence-corrected chi connectivity index (χ4v) is 4.20. The molecule has 0 saturated carbocycles. The van der Waals surface area contributed by atoms with Crippen molar-refractivity contribution in [1.29, 1.82) is 0 Å². The smallest absolute Gasteiger partial charge is 0.323 e. The van der Waals surface area contributed by atoms with Crippen LogP contribution >= 0.6 is 0 Å². The molecule has 0 radical (unpaired) electrons. The van der Waals surface area contributed by atoms with Gasteiger partial charge in [0.15, 0.2) is 0 Å². The average Bonchev–Trinajstić information content (AvgIpc) is 3.27. The molecule has 0 aliphatic heterocycles. The van der Waals surface area contributed by atoms with Crippen molar-refractivity contribution in [2.75, 3.05) is 17.7 Å². The number of nitrogens with zero attached hydrogens (tertiary/aromatic N) is 2. The van der Waals surface area contributed by atoms with E-state index in [9.17, 15) is 4.79 Å². The first kappa shape index (κ1) is 22.2. The number of ether oxygens (including phenoxy) is 1. The van der Waals surface area contributed by atoms with Crippen LogP contribution in [0.3, 0.4) is 0 Å². The number of methoxy groups -OCH3 is 1. The Morgan fingerprint density at radius 2 is 1.60 bits per heavy atom. The summed E-state index contributed by atoms with van der Waals surface area (Å²) < 4.78 is 7.52. The third kappa shape index (κ3) is 5.01. The van der Waals surface area contributed by atoms with Crippen LogP contribution in [0.2, 0.25) is 0 Å². The van der Waals surface area contributed by atoms with Crippen LogP contribution in [-0.4, -0.2) is 22.7 Å². The second-order valence-electron chi connectivity index (χ2n) is 8.17. The van der Waals surface area contributed by atoms with Crippen LogP contribution in [0.5, 0.6) is 5.75 Å². The van der Waals surface area contributed by atoms with Crippen LogP contribution in [0.4, 0.5) is 16.2 Å². The number of para-hydroxylation sites is 5. The highest BCUT2D eigenvalue weighted by molar-refractivity contribution is 6.00. The largest absolute Gasteiger partial charge is 0.495 e. The normalized spacial score (nSPS) is 10.8. The molecule has 2 N–H and O–H groups in total. The van der Waals surface area contributed by atoms with Gasteiger partial charge in [0.25, 0.3) is 0 Å². The molecule has 0 fully saturated rings. The number of rotatable bonds is 7. The van der Waals surface area contributed by atoms with E-state index < -0.39 is 0 Å². The maximum absolute atomic E-state index is 12.6. The number of aryl methyl sites for hydroxylation is 2. The van der Waals surface area contributed by atoms with Crippen LogP contribution < -0.4 is 15.4 Å². The van der Waals surface area contributed by atoms with E-state index in [0.29, 0.717) is 11.4 Å². The molecule has 0 bridgehead atoms. The summed E-state index contributed by atoms with van der Waals surface area (Å²) in [4.78, 5) is 17.5. The first-order valence-electron chi connectivity index (χ1n) is 11.5. The number of benzene rings is 4. The van der Waals surface area contributed by atoms with E-state index in [2.05, 4.69) is 39.5 Å². The topological polar surface area (TPSA) is 68.2 Å². The SMILES string of the molecule is COc1ccccc1NC(=O)Nc1cccc(CCc2nc3ccccc3n2-c2ccccc2)c1. The Morgan fingerprint density at radius 3 is 2.46 bits per heavy atom. The highest BCUT2D eigenvalue weighted by Gasteiger charge is 2.13. The molecule has 0 unspecified atom stereocenters. The second kappa shape index (κ2) is 10.1. The molecule has 5 rings (SSSR count). The van der Waals surface area contributed by atoms with Crippen molar-refractivity contribution in [3.8, 4) is 11.4 Å². The third-order valence-corrected chi connectivity index (χ3v) is 5.82. The Balaban J connectivity index is 1.31. The number of hydrogen-bond donors (Lipinski definition) is 2. The van der Waals surface area contributed by atoms with Gasteiger partial charge in [0.1, 0.15) is 11.6 Å². The van der Waals surface area contributed by atoms with Gasteiger partial charge < -0.3 is 15.4 Å². The van der Waals surface area contributed by atoms with Crippen LogP contribution in [0.1, 0.15) is 11.4 Å². The molecule has 35 heavy (non-hydrogen) atoms. The molecule has 6 nitrogen and oxygen atoms in total. The van der Waals surface area contributed by atoms with Crippen molar-refractivity contribution in [2.24, 2.45) is 0 Å². The van der Waals surface area contributed by atoms with Crippen LogP contribution in [0.25, 0.3) is 16.7 Å². The van der Waals surface area contributed by atoms with Crippen LogP contribution in [0.15, 0.2) is 103 Å². The minimum absolute atomic E-state index is 0.322. The van der Waals surface area contributed by atoms with E-state index in [-0.39, 0.29) is 6.03 Å². The first-order valence-corrected chi connectivity index (χ1v) is 11.5. The average molecular weight is 463 g/mol. The van der Waals surface area contributed by atoms with Gasteiger partial charge in [-0.1, -0.05) is 54.6 Å². The number of carbonyl (C=O) groups is 1. The molecule has 0 saturated heterocycles. The molecule has 0 atom stereocenters. The number of urea groups is 1. The van der Waals surface area contributed by atoms with Gasteiger partial charge in [0, 0.05) is 17.8 Å². The molecule has 0 spiro atoms. The molecule has 1 aromatic heterocycles. The van der Waals surface area contributed by atoms with E-state index in [4.69, 9.17) is 9.72 Å². The standard InChI is InChI=1S/C29H26N4O2/c1-35-27-17-8-6-15-25(27)32-29(34)30-22-11-9-10-21(20-22)18-19-28-31-24-14-5-7-16-26(24)33(28)23-12-3-2-4-13-23/h2-17,20H,18-19H2,1H3,(H2,30,32,34). The molecule has 1 heterocycles. The summed E-state index contributed by atoms with van der Waals surface area (Å²) in [5.74, 6) is 1.61. The number of anilines is 2. The van der Waals surface area contributed by atoms with Gasteiger partial charge in [-0.15, -0.1) is 0 Å². The van der Waals surface area contributed by atoms with E-state index in [1.165, 1.54) is 0 Å². The summed E-state index contributed by atoms with van der Waals surface area (Å²) in [6.45, 7) is 0. The Hall–Kier alpha value is -4.58. The Bertz CT molecular complexity index is 1460. The molecule has 5 aromatic rings. The van der Waals surface area contributed by atoms with E-state index in [1.54, 1.807) is 19.2 Å². The Labute approximate surface area is 204 Å². The van der Waals surface area contributed by atoms with Gasteiger partial charge in [-0.05, 0) is 60.5 Å². The lowest BCUT2D eigenvalue weighted by Gasteiger charge is -2.12. The predicted octanol–water partition coefficient (Wildman–Crippen LogP) is 6.46. The van der Waals surface area contributed by atoms with Crippen molar-refractivity contribution in [2.45, 2.75) is 12.8 Å². The van der Waals surface area contributed by atoms with Gasteiger partial charge in [-0.2, -0.15) is 0 Å². The molecule has 0 aliphatic carbocycles. The van der Waals surface area contributed by atoms with Crippen LogP contribution in [-0.2, 0) is 12.8 Å². The van der Waals surface area contributed by atoms with E-state index >= 15 is 0 Å². The quantitative estimate of drug-likeness (QED) is 0.292. The minimum Gasteiger partial charge on any atom is -0.495 e. The fourth-order valence-electron chi connectivity index (χ4n) is 4.20. The number of aromatic nitrogens is 2. The number of amides is 2. The number of nitrogens with one attached hydrogen (secondary N) is 2. The minimum atomic E-state index is -0.322. The monoisotopic (exact) mass is 462 g/mol. The summed E-state index contributed by atoms with van der Waals surface area (Å²) in [6, 6.07) is 33.4. The lowest BCUT2D eigenvalue weighted by molar-refractivity contribution is 0.262.